The lowest BCUT2D eigenvalue weighted by molar-refractivity contribution is -0.126. The summed E-state index contributed by atoms with van der Waals surface area (Å²) >= 11 is 47.1. The number of benzene rings is 4. The SMILES string of the molecule is CC(=O)C(C)NC(=O)CCCc1nc2cc(N(CCCl)CCCl)ccc2n1C.CNC(=O)CCCc1nc2cc(N(CCCl)CCCl)ccc2n1C.CNC(=O)CCCc1nc2cc(N(CCCl)CCCl)ccc2n1C.CNC(=O)CCCc1nc2cc(N(CCCl)CCCl)ccc2n1C. The fourth-order valence-corrected chi connectivity index (χ4v) is 13.0. The molecule has 550 valence electrons. The van der Waals surface area contributed by atoms with E-state index in [-0.39, 0.29) is 29.4 Å². The Morgan fingerprint density at radius 1 is 0.370 bits per heavy atom. The van der Waals surface area contributed by atoms with Gasteiger partial charge in [0, 0.05) is 223 Å². The molecular formula is C71H100Cl8N16O5. The van der Waals surface area contributed by atoms with Gasteiger partial charge in [-0.3, -0.25) is 24.0 Å². The van der Waals surface area contributed by atoms with Gasteiger partial charge in [0.15, 0.2) is 5.78 Å². The number of hydrogen-bond donors (Lipinski definition) is 4. The maximum absolute atomic E-state index is 11.9. The van der Waals surface area contributed by atoms with E-state index >= 15 is 0 Å². The number of nitrogens with zero attached hydrogens (tertiary/aromatic N) is 12. The minimum Gasteiger partial charge on any atom is -0.369 e. The first-order valence-electron chi connectivity index (χ1n) is 33.9. The molecule has 21 nitrogen and oxygen atoms in total. The molecule has 4 heterocycles. The molecule has 0 aliphatic heterocycles. The molecule has 0 saturated carbocycles. The van der Waals surface area contributed by atoms with Crippen LogP contribution in [0.2, 0.25) is 0 Å². The summed E-state index contributed by atoms with van der Waals surface area (Å²) in [6.07, 6.45) is 7.98. The number of Topliss-reactive ketones (excluding diaryl/α,β-unsaturated/α-hetero) is 1. The Bertz CT molecular complexity index is 3560. The molecule has 0 fully saturated rings. The van der Waals surface area contributed by atoms with E-state index in [0.29, 0.717) is 85.6 Å². The molecule has 4 N–H and O–H groups in total. The zero-order valence-corrected chi connectivity index (χ0v) is 65.3. The number of carbonyl (C=O) groups is 5. The molecule has 1 atom stereocenters. The Hall–Kier alpha value is -6.17. The van der Waals surface area contributed by atoms with Crippen molar-refractivity contribution in [3.8, 4) is 0 Å². The number of nitrogens with one attached hydrogen (secondary N) is 4. The summed E-state index contributed by atoms with van der Waals surface area (Å²) < 4.78 is 8.34. The van der Waals surface area contributed by atoms with Crippen molar-refractivity contribution >= 4 is 189 Å². The van der Waals surface area contributed by atoms with Gasteiger partial charge in [0.25, 0.3) is 0 Å². The predicted molar refractivity (Wildman–Crippen MR) is 420 cm³/mol. The summed E-state index contributed by atoms with van der Waals surface area (Å²) in [6, 6.07) is 24.4. The Labute approximate surface area is 629 Å². The average Bonchev–Trinajstić information content (AvgIpc) is 1.48. The number of amides is 4. The molecule has 0 saturated heterocycles. The van der Waals surface area contributed by atoms with E-state index < -0.39 is 6.04 Å². The van der Waals surface area contributed by atoms with Gasteiger partial charge in [-0.05, 0) is 112 Å². The van der Waals surface area contributed by atoms with Crippen LogP contribution in [0.5, 0.6) is 0 Å². The van der Waals surface area contributed by atoms with Gasteiger partial charge in [-0.15, -0.1) is 92.8 Å². The minimum absolute atomic E-state index is 0.0446. The summed E-state index contributed by atoms with van der Waals surface area (Å²) in [5.41, 5.74) is 12.4. The van der Waals surface area contributed by atoms with Gasteiger partial charge in [-0.1, -0.05) is 0 Å². The molecule has 0 radical (unpaired) electrons. The summed E-state index contributed by atoms with van der Waals surface area (Å²) in [5.74, 6) is 8.36. The smallest absolute Gasteiger partial charge is 0.220 e. The van der Waals surface area contributed by atoms with Crippen molar-refractivity contribution in [1.29, 1.82) is 0 Å². The fourth-order valence-electron chi connectivity index (χ4n) is 11.3. The predicted octanol–water partition coefficient (Wildman–Crippen LogP) is 12.1. The molecular weight excluding hydrogens is 1440 g/mol. The van der Waals surface area contributed by atoms with Crippen LogP contribution in [0.15, 0.2) is 72.8 Å². The third-order valence-electron chi connectivity index (χ3n) is 17.2. The van der Waals surface area contributed by atoms with Crippen LogP contribution in [0.3, 0.4) is 0 Å². The van der Waals surface area contributed by atoms with Crippen molar-refractivity contribution in [3.63, 3.8) is 0 Å². The van der Waals surface area contributed by atoms with Gasteiger partial charge in [-0.25, -0.2) is 19.9 Å². The van der Waals surface area contributed by atoms with Crippen LogP contribution in [0.1, 0.15) is 88.5 Å². The largest absolute Gasteiger partial charge is 0.369 e. The monoisotopic (exact) mass is 1540 g/mol. The normalized spacial score (nSPS) is 11.3. The maximum Gasteiger partial charge on any atom is 0.220 e. The number of carbonyl (C=O) groups excluding carboxylic acids is 5. The molecule has 8 aromatic rings. The molecule has 100 heavy (non-hydrogen) atoms. The second kappa shape index (κ2) is 45.0. The number of anilines is 4. The van der Waals surface area contributed by atoms with E-state index in [1.807, 2.05) is 28.2 Å². The number of hydrogen-bond acceptors (Lipinski definition) is 13. The van der Waals surface area contributed by atoms with E-state index in [0.717, 1.165) is 181 Å². The van der Waals surface area contributed by atoms with E-state index in [1.54, 1.807) is 28.1 Å². The molecule has 4 aromatic heterocycles. The number of fused-ring (bicyclic) bond motifs is 4. The van der Waals surface area contributed by atoms with Gasteiger partial charge < -0.3 is 59.1 Å². The molecule has 4 aromatic carbocycles. The van der Waals surface area contributed by atoms with Crippen LogP contribution in [-0.2, 0) is 77.8 Å². The van der Waals surface area contributed by atoms with Crippen molar-refractivity contribution in [1.82, 2.24) is 59.5 Å². The van der Waals surface area contributed by atoms with Gasteiger partial charge >= 0.3 is 0 Å². The second-order valence-corrected chi connectivity index (χ2v) is 26.9. The number of rotatable bonds is 38. The molecule has 8 rings (SSSR count). The highest BCUT2D eigenvalue weighted by Crippen LogP contribution is 2.28. The maximum atomic E-state index is 11.9. The fraction of sp³-hybridized carbons (Fsp3) is 0.535. The van der Waals surface area contributed by atoms with Crippen LogP contribution in [0.4, 0.5) is 22.7 Å². The van der Waals surface area contributed by atoms with Crippen molar-refractivity contribution < 1.29 is 24.0 Å². The van der Waals surface area contributed by atoms with Crippen molar-refractivity contribution in [3.05, 3.63) is 96.1 Å². The lowest BCUT2D eigenvalue weighted by Gasteiger charge is -2.22. The Morgan fingerprint density at radius 2 is 0.580 bits per heavy atom. The van der Waals surface area contributed by atoms with Gasteiger partial charge in [-0.2, -0.15) is 0 Å². The van der Waals surface area contributed by atoms with Gasteiger partial charge in [0.2, 0.25) is 23.6 Å². The van der Waals surface area contributed by atoms with Gasteiger partial charge in [0.1, 0.15) is 23.3 Å². The van der Waals surface area contributed by atoms with Crippen LogP contribution >= 0.6 is 92.8 Å². The molecule has 29 heteroatoms. The highest BCUT2D eigenvalue weighted by atomic mass is 35.5. The Kier molecular flexibility index (Phi) is 38.1. The molecule has 4 amide bonds. The molecule has 0 aliphatic carbocycles. The lowest BCUT2D eigenvalue weighted by Crippen LogP contribution is -2.37. The van der Waals surface area contributed by atoms with Crippen molar-refractivity contribution in [2.24, 2.45) is 28.2 Å². The molecule has 0 bridgehead atoms. The number of aryl methyl sites for hydroxylation is 8. The van der Waals surface area contributed by atoms with E-state index in [1.165, 1.54) is 6.92 Å². The molecule has 1 unspecified atom stereocenters. The highest BCUT2D eigenvalue weighted by molar-refractivity contribution is 6.20. The number of aromatic nitrogens is 8. The zero-order chi connectivity index (χ0) is 73.3. The molecule has 0 aliphatic rings. The van der Waals surface area contributed by atoms with E-state index in [9.17, 15) is 24.0 Å². The molecule has 0 spiro atoms. The zero-order valence-electron chi connectivity index (χ0n) is 59.2. The summed E-state index contributed by atoms with van der Waals surface area (Å²) in [6.45, 7) is 9.16. The summed E-state index contributed by atoms with van der Waals surface area (Å²) in [4.78, 5) is 84.8. The number of alkyl halides is 8. The quantitative estimate of drug-likeness (QED) is 0.0265. The number of imidazole rings is 4. The van der Waals surface area contributed by atoms with Crippen molar-refractivity contribution in [2.75, 3.05) is 140 Å². The lowest BCUT2D eigenvalue weighted by atomic mass is 10.2. The first-order valence-corrected chi connectivity index (χ1v) is 38.2. The highest BCUT2D eigenvalue weighted by Gasteiger charge is 2.18. The standard InChI is InChI=1S/C20H28Cl2N4O2.3C17H24Cl2N4O/c1-14(15(2)27)23-20(28)6-4-5-19-24-17-13-16(7-8-18(17)25(19)3)26(11-9-21)12-10-22;3*1-20-17(24)5-3-4-16-21-14-12-13(6-7-15(14)22(16)2)23(10-8-18)11-9-19/h7-8,13-14H,4-6,9-12H2,1-3H3,(H,23,28);3*6-7,12H,3-5,8-11H2,1-2H3,(H,20,24). The number of halogens is 8. The minimum atomic E-state index is -0.439. The third kappa shape index (κ3) is 25.7. The number of ketones is 1. The Morgan fingerprint density at radius 3 is 0.770 bits per heavy atom. The van der Waals surface area contributed by atoms with Gasteiger partial charge in [0.05, 0.1) is 50.2 Å². The summed E-state index contributed by atoms with van der Waals surface area (Å²) in [7, 11) is 13.0. The first-order chi connectivity index (χ1) is 48.2. The topological polar surface area (TPSA) is 218 Å². The third-order valence-corrected chi connectivity index (χ3v) is 18.5. The van der Waals surface area contributed by atoms with Crippen LogP contribution in [0.25, 0.3) is 44.1 Å². The average molecular weight is 1540 g/mol. The van der Waals surface area contributed by atoms with E-state index in [2.05, 4.69) is 132 Å². The second-order valence-electron chi connectivity index (χ2n) is 23.8. The Balaban J connectivity index is 0.000000241. The van der Waals surface area contributed by atoms with E-state index in [4.69, 9.17) is 113 Å². The van der Waals surface area contributed by atoms with Crippen LogP contribution in [-0.4, -0.2) is 194 Å². The van der Waals surface area contributed by atoms with Crippen molar-refractivity contribution in [2.45, 2.75) is 96.9 Å². The first kappa shape index (κ1) is 84.5. The summed E-state index contributed by atoms with van der Waals surface area (Å²) in [5, 5.41) is 10.6. The van der Waals surface area contributed by atoms with Crippen LogP contribution < -0.4 is 40.9 Å². The van der Waals surface area contributed by atoms with Crippen LogP contribution in [0, 0.1) is 0 Å².